The number of para-hydroxylation sites is 1. The summed E-state index contributed by atoms with van der Waals surface area (Å²) in [4.78, 5) is 26.8. The van der Waals surface area contributed by atoms with E-state index in [4.69, 9.17) is 11.1 Å². The Hall–Kier alpha value is -2.90. The number of carbonyl (C=O) groups is 2. The summed E-state index contributed by atoms with van der Waals surface area (Å²) >= 11 is 0. The number of piperidine rings is 1. The third kappa shape index (κ3) is 7.08. The van der Waals surface area contributed by atoms with Gasteiger partial charge in [0, 0.05) is 19.6 Å². The van der Waals surface area contributed by atoms with E-state index < -0.39 is 34.0 Å². The Morgan fingerprint density at radius 2 is 2.03 bits per heavy atom. The van der Waals surface area contributed by atoms with Gasteiger partial charge in [-0.15, -0.1) is 0 Å². The summed E-state index contributed by atoms with van der Waals surface area (Å²) < 4.78 is 29.5. The second kappa shape index (κ2) is 12.4. The van der Waals surface area contributed by atoms with Crippen molar-refractivity contribution < 1.29 is 28.6 Å². The molecular formula is C23H38N6O6S. The summed E-state index contributed by atoms with van der Waals surface area (Å²) in [6.07, 6.45) is 2.19. The number of hydrogen-bond acceptors (Lipinski definition) is 6. The van der Waals surface area contributed by atoms with Crippen molar-refractivity contribution in [1.29, 1.82) is 5.41 Å². The Kier molecular flexibility index (Phi) is 10.1. The molecule has 1 amide bonds. The van der Waals surface area contributed by atoms with Crippen molar-refractivity contribution in [2.45, 2.75) is 62.9 Å². The van der Waals surface area contributed by atoms with Crippen molar-refractivity contribution in [3.05, 3.63) is 23.8 Å². The fourth-order valence-electron chi connectivity index (χ4n) is 4.75. The minimum absolute atomic E-state index is 0. The molecule has 2 aliphatic heterocycles. The highest BCUT2D eigenvalue weighted by Gasteiger charge is 2.39. The van der Waals surface area contributed by atoms with Crippen LogP contribution in [-0.2, 0) is 26.0 Å². The largest absolute Gasteiger partial charge is 0.480 e. The smallest absolute Gasteiger partial charge is 0.326 e. The van der Waals surface area contributed by atoms with E-state index in [0.29, 0.717) is 37.4 Å². The van der Waals surface area contributed by atoms with Crippen molar-refractivity contribution in [3.63, 3.8) is 0 Å². The van der Waals surface area contributed by atoms with E-state index in [2.05, 4.69) is 22.3 Å². The highest BCUT2D eigenvalue weighted by Crippen LogP contribution is 2.31. The number of benzene rings is 1. The lowest BCUT2D eigenvalue weighted by atomic mass is 9.91. The number of sulfonamides is 1. The molecular weight excluding hydrogens is 488 g/mol. The predicted octanol–water partition coefficient (Wildman–Crippen LogP) is 0.0879. The summed E-state index contributed by atoms with van der Waals surface area (Å²) in [5.74, 6) is -1.35. The number of carbonyl (C=O) groups excluding carboxylic acids is 1. The highest BCUT2D eigenvalue weighted by atomic mass is 32.2. The van der Waals surface area contributed by atoms with Crippen LogP contribution in [0.3, 0.4) is 0 Å². The van der Waals surface area contributed by atoms with E-state index in [1.807, 2.05) is 13.0 Å². The van der Waals surface area contributed by atoms with Crippen LogP contribution in [-0.4, -0.2) is 73.5 Å². The van der Waals surface area contributed by atoms with Gasteiger partial charge in [-0.3, -0.25) is 10.2 Å². The Bertz CT molecular complexity index is 1070. The number of nitrogens with one attached hydrogen (secondary N) is 4. The molecule has 12 nitrogen and oxygen atoms in total. The number of aliphatic carboxylic acids is 1. The number of likely N-dealkylation sites (tertiary alicyclic amines) is 1. The van der Waals surface area contributed by atoms with Crippen molar-refractivity contribution in [3.8, 4) is 0 Å². The number of carboxylic acids is 1. The molecule has 2 aliphatic rings. The molecule has 1 saturated heterocycles. The van der Waals surface area contributed by atoms with Crippen LogP contribution >= 0.6 is 0 Å². The lowest BCUT2D eigenvalue weighted by molar-refractivity contribution is -0.153. The molecule has 13 heteroatoms. The number of guanidine groups is 1. The van der Waals surface area contributed by atoms with E-state index in [9.17, 15) is 23.1 Å². The van der Waals surface area contributed by atoms with Crippen molar-refractivity contribution >= 4 is 33.5 Å². The number of amides is 1. The fraction of sp³-hybridized carbons (Fsp3) is 0.609. The zero-order valence-corrected chi connectivity index (χ0v) is 21.5. The van der Waals surface area contributed by atoms with Gasteiger partial charge in [0.1, 0.15) is 17.0 Å². The Morgan fingerprint density at radius 1 is 1.31 bits per heavy atom. The topological polar surface area (TPSA) is 209 Å². The van der Waals surface area contributed by atoms with Crippen LogP contribution in [0.4, 0.5) is 5.69 Å². The maximum atomic E-state index is 13.5. The molecule has 202 valence electrons. The number of nitrogens with zero attached hydrogens (tertiary/aromatic N) is 1. The van der Waals surface area contributed by atoms with Crippen LogP contribution in [0.25, 0.3) is 0 Å². The van der Waals surface area contributed by atoms with E-state index in [0.717, 1.165) is 12.0 Å². The van der Waals surface area contributed by atoms with Gasteiger partial charge >= 0.3 is 5.97 Å². The number of fused-ring (bicyclic) bond motifs is 1. The minimum Gasteiger partial charge on any atom is -0.480 e. The minimum atomic E-state index is -4.10. The quantitative estimate of drug-likeness (QED) is 0.147. The van der Waals surface area contributed by atoms with Crippen LogP contribution in [0.5, 0.6) is 0 Å². The van der Waals surface area contributed by atoms with Crippen molar-refractivity contribution in [2.24, 2.45) is 17.6 Å². The molecule has 36 heavy (non-hydrogen) atoms. The summed E-state index contributed by atoms with van der Waals surface area (Å²) in [6, 6.07) is 2.93. The Balaban J connectivity index is 0.00000456. The van der Waals surface area contributed by atoms with Gasteiger partial charge in [0.15, 0.2) is 5.96 Å². The van der Waals surface area contributed by atoms with Crippen molar-refractivity contribution in [2.75, 3.05) is 25.0 Å². The average molecular weight is 527 g/mol. The number of anilines is 1. The van der Waals surface area contributed by atoms with Crippen molar-refractivity contribution in [1.82, 2.24) is 14.9 Å². The molecule has 1 aromatic carbocycles. The molecule has 3 rings (SSSR count). The van der Waals surface area contributed by atoms with Gasteiger partial charge in [0.25, 0.3) is 0 Å². The van der Waals surface area contributed by atoms with Gasteiger partial charge in [-0.1, -0.05) is 26.0 Å². The average Bonchev–Trinajstić information content (AvgIpc) is 2.79. The molecule has 0 radical (unpaired) electrons. The third-order valence-corrected chi connectivity index (χ3v) is 8.13. The van der Waals surface area contributed by atoms with E-state index in [1.165, 1.54) is 11.0 Å². The zero-order valence-electron chi connectivity index (χ0n) is 20.7. The number of hydrogen-bond donors (Lipinski definition) is 6. The number of nitrogens with two attached hydrogens (primary N) is 1. The molecule has 2 unspecified atom stereocenters. The van der Waals surface area contributed by atoms with Gasteiger partial charge in [-0.2, -0.15) is 4.72 Å². The third-order valence-electron chi connectivity index (χ3n) is 6.61. The lowest BCUT2D eigenvalue weighted by Crippen LogP contribution is -2.56. The molecule has 0 saturated carbocycles. The molecule has 0 spiro atoms. The van der Waals surface area contributed by atoms with Crippen LogP contribution in [0, 0.1) is 17.2 Å². The molecule has 0 bridgehead atoms. The molecule has 1 fully saturated rings. The number of carboxylic acid groups (broad SMARTS) is 1. The summed E-state index contributed by atoms with van der Waals surface area (Å²) in [5, 5.41) is 22.8. The van der Waals surface area contributed by atoms with Gasteiger partial charge in [0.2, 0.25) is 15.9 Å². The van der Waals surface area contributed by atoms with E-state index in [-0.39, 0.29) is 41.8 Å². The van der Waals surface area contributed by atoms with Crippen LogP contribution in [0.1, 0.15) is 45.1 Å². The first-order valence-electron chi connectivity index (χ1n) is 12.0. The van der Waals surface area contributed by atoms with Gasteiger partial charge in [0.05, 0.1) is 5.69 Å². The van der Waals surface area contributed by atoms with Crippen LogP contribution in [0.2, 0.25) is 0 Å². The second-order valence-electron chi connectivity index (χ2n) is 9.65. The van der Waals surface area contributed by atoms with Crippen LogP contribution < -0.4 is 21.1 Å². The standard InChI is InChI=1S/C23H36N6O5S.H2O/c1-14-8-10-29(18(12-14)22(31)32)21(30)17(6-4-9-26-23(24)25)28-35(33,34)19-7-3-5-16-11-15(2)13-27-20(16)19;/h3,5,7,14-15,17-18,27-28H,4,6,8-13H2,1-2H3,(H,31,32)(H4,24,25,26);1H2/t14-,15?,17?,18-;/m1./s1. The SMILES string of the molecule is CC1CNc2c(cccc2S(=O)(=O)NC(CCCNC(=N)N)C(=O)N2CC[C@@H](C)C[C@@H]2C(=O)O)C1.O. The first kappa shape index (κ1) is 29.3. The Morgan fingerprint density at radius 3 is 2.69 bits per heavy atom. The fourth-order valence-corrected chi connectivity index (χ4v) is 6.20. The maximum Gasteiger partial charge on any atom is 0.326 e. The van der Waals surface area contributed by atoms with E-state index >= 15 is 0 Å². The molecule has 0 aliphatic carbocycles. The zero-order chi connectivity index (χ0) is 25.8. The molecule has 9 N–H and O–H groups in total. The van der Waals surface area contributed by atoms with E-state index in [1.54, 1.807) is 6.07 Å². The molecule has 1 aromatic rings. The Labute approximate surface area is 211 Å². The normalized spacial score (nSPS) is 22.4. The van der Waals surface area contributed by atoms with Gasteiger partial charge in [-0.05, 0) is 55.6 Å². The summed E-state index contributed by atoms with van der Waals surface area (Å²) in [5.41, 5.74) is 6.75. The first-order valence-corrected chi connectivity index (χ1v) is 13.5. The molecule has 4 atom stereocenters. The first-order chi connectivity index (χ1) is 16.5. The monoisotopic (exact) mass is 526 g/mol. The highest BCUT2D eigenvalue weighted by molar-refractivity contribution is 7.89. The predicted molar refractivity (Wildman–Crippen MR) is 136 cm³/mol. The summed E-state index contributed by atoms with van der Waals surface area (Å²) in [6.45, 7) is 5.20. The number of rotatable bonds is 9. The molecule has 2 heterocycles. The van der Waals surface area contributed by atoms with Crippen LogP contribution in [0.15, 0.2) is 23.1 Å². The second-order valence-corrected chi connectivity index (χ2v) is 11.3. The van der Waals surface area contributed by atoms with Gasteiger partial charge < -0.3 is 31.8 Å². The maximum absolute atomic E-state index is 13.5. The van der Waals surface area contributed by atoms with Gasteiger partial charge in [-0.25, -0.2) is 13.2 Å². The summed E-state index contributed by atoms with van der Waals surface area (Å²) in [7, 11) is -4.10. The lowest BCUT2D eigenvalue weighted by Gasteiger charge is -2.38. The molecule has 0 aromatic heterocycles.